The van der Waals surface area contributed by atoms with Gasteiger partial charge < -0.3 is 24.4 Å². The summed E-state index contributed by atoms with van der Waals surface area (Å²) in [4.78, 5) is 26.4. The van der Waals surface area contributed by atoms with Crippen molar-refractivity contribution in [1.82, 2.24) is 0 Å². The van der Waals surface area contributed by atoms with E-state index in [1.165, 1.54) is 0 Å². The SMILES string of the molecule is COc1ccc(NC(=O)C2COc3ccccc3O2)cc1N1CCCC1=O. The van der Waals surface area contributed by atoms with E-state index in [9.17, 15) is 9.59 Å². The topological polar surface area (TPSA) is 77.1 Å². The third kappa shape index (κ3) is 3.40. The number of benzene rings is 2. The monoisotopic (exact) mass is 368 g/mol. The molecule has 7 nitrogen and oxygen atoms in total. The van der Waals surface area contributed by atoms with E-state index in [4.69, 9.17) is 14.2 Å². The van der Waals surface area contributed by atoms with Crippen molar-refractivity contribution in [2.24, 2.45) is 0 Å². The van der Waals surface area contributed by atoms with Crippen LogP contribution < -0.4 is 24.4 Å². The van der Waals surface area contributed by atoms with Crippen LogP contribution in [0, 0.1) is 0 Å². The molecule has 2 aromatic carbocycles. The fourth-order valence-corrected chi connectivity index (χ4v) is 3.25. The summed E-state index contributed by atoms with van der Waals surface area (Å²) >= 11 is 0. The summed E-state index contributed by atoms with van der Waals surface area (Å²) in [6, 6.07) is 12.5. The summed E-state index contributed by atoms with van der Waals surface area (Å²) in [6.45, 7) is 0.777. The summed E-state index contributed by atoms with van der Waals surface area (Å²) in [5.41, 5.74) is 1.22. The summed E-state index contributed by atoms with van der Waals surface area (Å²) in [5, 5.41) is 2.83. The van der Waals surface area contributed by atoms with E-state index in [0.717, 1.165) is 6.42 Å². The zero-order valence-corrected chi connectivity index (χ0v) is 14.9. The molecule has 0 saturated carbocycles. The van der Waals surface area contributed by atoms with Gasteiger partial charge in [-0.05, 0) is 36.8 Å². The van der Waals surface area contributed by atoms with Crippen molar-refractivity contribution in [2.45, 2.75) is 18.9 Å². The molecule has 0 aromatic heterocycles. The smallest absolute Gasteiger partial charge is 0.269 e. The van der Waals surface area contributed by atoms with Crippen LogP contribution in [0.5, 0.6) is 17.2 Å². The zero-order valence-electron chi connectivity index (χ0n) is 14.9. The van der Waals surface area contributed by atoms with E-state index in [0.29, 0.717) is 41.6 Å². The molecule has 1 atom stereocenters. The summed E-state index contributed by atoms with van der Waals surface area (Å²) in [6.07, 6.45) is 0.580. The van der Waals surface area contributed by atoms with Gasteiger partial charge in [-0.15, -0.1) is 0 Å². The average molecular weight is 368 g/mol. The highest BCUT2D eigenvalue weighted by atomic mass is 16.6. The fraction of sp³-hybridized carbons (Fsp3) is 0.300. The molecule has 2 aliphatic rings. The summed E-state index contributed by atoms with van der Waals surface area (Å²) in [7, 11) is 1.56. The van der Waals surface area contributed by atoms with E-state index in [1.54, 1.807) is 42.3 Å². The number of nitrogens with zero attached hydrogens (tertiary/aromatic N) is 1. The van der Waals surface area contributed by atoms with Crippen molar-refractivity contribution in [1.29, 1.82) is 0 Å². The molecule has 1 saturated heterocycles. The molecule has 0 spiro atoms. The molecule has 1 N–H and O–H groups in total. The van der Waals surface area contributed by atoms with Gasteiger partial charge in [0.1, 0.15) is 12.4 Å². The number of carbonyl (C=O) groups excluding carboxylic acids is 2. The molecular formula is C20H20N2O5. The van der Waals surface area contributed by atoms with Gasteiger partial charge in [0.25, 0.3) is 5.91 Å². The van der Waals surface area contributed by atoms with Gasteiger partial charge in [-0.25, -0.2) is 0 Å². The Morgan fingerprint density at radius 3 is 2.78 bits per heavy atom. The largest absolute Gasteiger partial charge is 0.495 e. The number of para-hydroxylation sites is 2. The second-order valence-electron chi connectivity index (χ2n) is 6.39. The molecule has 7 heteroatoms. The van der Waals surface area contributed by atoms with Crippen LogP contribution in [0.15, 0.2) is 42.5 Å². The number of anilines is 2. The van der Waals surface area contributed by atoms with Crippen LogP contribution in [0.2, 0.25) is 0 Å². The molecule has 0 bridgehead atoms. The summed E-state index contributed by atoms with van der Waals surface area (Å²) in [5.74, 6) is 1.50. The first-order chi connectivity index (χ1) is 13.2. The Morgan fingerprint density at radius 2 is 2.04 bits per heavy atom. The highest BCUT2D eigenvalue weighted by molar-refractivity contribution is 5.99. The fourth-order valence-electron chi connectivity index (χ4n) is 3.25. The predicted molar refractivity (Wildman–Crippen MR) is 99.6 cm³/mol. The molecule has 2 aromatic rings. The van der Waals surface area contributed by atoms with E-state index < -0.39 is 6.10 Å². The van der Waals surface area contributed by atoms with Crippen LogP contribution >= 0.6 is 0 Å². The third-order valence-corrected chi connectivity index (χ3v) is 4.61. The molecule has 4 rings (SSSR count). The van der Waals surface area contributed by atoms with Gasteiger partial charge in [-0.2, -0.15) is 0 Å². The van der Waals surface area contributed by atoms with Gasteiger partial charge in [0.05, 0.1) is 12.8 Å². The Balaban J connectivity index is 1.51. The van der Waals surface area contributed by atoms with Crippen LogP contribution in [0.4, 0.5) is 11.4 Å². The summed E-state index contributed by atoms with van der Waals surface area (Å²) < 4.78 is 16.7. The molecule has 1 unspecified atom stereocenters. The lowest BCUT2D eigenvalue weighted by Gasteiger charge is -2.26. The lowest BCUT2D eigenvalue weighted by atomic mass is 10.2. The standard InChI is InChI=1S/C20H20N2O5/c1-25-15-9-8-13(11-14(15)22-10-4-7-19(22)23)21-20(24)18-12-26-16-5-2-3-6-17(16)27-18/h2-3,5-6,8-9,11,18H,4,7,10,12H2,1H3,(H,21,24). The highest BCUT2D eigenvalue weighted by Gasteiger charge is 2.28. The number of ether oxygens (including phenoxy) is 3. The first kappa shape index (κ1) is 17.2. The first-order valence-electron chi connectivity index (χ1n) is 8.83. The molecule has 1 fully saturated rings. The lowest BCUT2D eigenvalue weighted by molar-refractivity contribution is -0.125. The Labute approximate surface area is 156 Å². The predicted octanol–water partition coefficient (Wildman–Crippen LogP) is 2.60. The van der Waals surface area contributed by atoms with E-state index in [-0.39, 0.29) is 18.4 Å². The van der Waals surface area contributed by atoms with Crippen LogP contribution in [-0.4, -0.2) is 38.2 Å². The number of nitrogens with one attached hydrogen (secondary N) is 1. The van der Waals surface area contributed by atoms with Gasteiger partial charge in [0.15, 0.2) is 11.5 Å². The minimum absolute atomic E-state index is 0.0531. The maximum atomic E-state index is 12.6. The second kappa shape index (κ2) is 7.19. The van der Waals surface area contributed by atoms with Gasteiger partial charge >= 0.3 is 0 Å². The molecule has 0 radical (unpaired) electrons. The van der Waals surface area contributed by atoms with E-state index >= 15 is 0 Å². The normalized spacial score (nSPS) is 18.3. The highest BCUT2D eigenvalue weighted by Crippen LogP contribution is 2.35. The van der Waals surface area contributed by atoms with Crippen molar-refractivity contribution < 1.29 is 23.8 Å². The van der Waals surface area contributed by atoms with Crippen LogP contribution in [-0.2, 0) is 9.59 Å². The first-order valence-corrected chi connectivity index (χ1v) is 8.83. The maximum absolute atomic E-state index is 12.6. The van der Waals surface area contributed by atoms with Crippen molar-refractivity contribution in [3.05, 3.63) is 42.5 Å². The van der Waals surface area contributed by atoms with Gasteiger partial charge in [0.2, 0.25) is 12.0 Å². The molecule has 27 heavy (non-hydrogen) atoms. The average Bonchev–Trinajstić information content (AvgIpc) is 3.13. The van der Waals surface area contributed by atoms with Gasteiger partial charge in [-0.3, -0.25) is 9.59 Å². The minimum Gasteiger partial charge on any atom is -0.495 e. The Hall–Kier alpha value is -3.22. The van der Waals surface area contributed by atoms with Crippen LogP contribution in [0.1, 0.15) is 12.8 Å². The Kier molecular flexibility index (Phi) is 4.58. The van der Waals surface area contributed by atoms with Crippen molar-refractivity contribution in [2.75, 3.05) is 30.5 Å². The minimum atomic E-state index is -0.751. The second-order valence-corrected chi connectivity index (χ2v) is 6.39. The molecule has 0 aliphatic carbocycles. The van der Waals surface area contributed by atoms with Gasteiger partial charge in [0, 0.05) is 18.7 Å². The number of hydrogen-bond donors (Lipinski definition) is 1. The molecule has 2 amide bonds. The molecular weight excluding hydrogens is 348 g/mol. The zero-order chi connectivity index (χ0) is 18.8. The van der Waals surface area contributed by atoms with Crippen molar-refractivity contribution in [3.8, 4) is 17.2 Å². The number of amides is 2. The van der Waals surface area contributed by atoms with Crippen LogP contribution in [0.3, 0.4) is 0 Å². The quantitative estimate of drug-likeness (QED) is 0.898. The number of methoxy groups -OCH3 is 1. The Bertz CT molecular complexity index is 882. The van der Waals surface area contributed by atoms with Gasteiger partial charge in [-0.1, -0.05) is 12.1 Å². The van der Waals surface area contributed by atoms with E-state index in [2.05, 4.69) is 5.32 Å². The number of rotatable bonds is 4. The third-order valence-electron chi connectivity index (χ3n) is 4.61. The van der Waals surface area contributed by atoms with Crippen LogP contribution in [0.25, 0.3) is 0 Å². The lowest BCUT2D eigenvalue weighted by Crippen LogP contribution is -2.40. The molecule has 140 valence electrons. The molecule has 2 aliphatic heterocycles. The maximum Gasteiger partial charge on any atom is 0.269 e. The molecule has 2 heterocycles. The number of fused-ring (bicyclic) bond motifs is 1. The Morgan fingerprint density at radius 1 is 1.22 bits per heavy atom. The van der Waals surface area contributed by atoms with E-state index in [1.807, 2.05) is 12.1 Å². The number of carbonyl (C=O) groups is 2. The van der Waals surface area contributed by atoms with Crippen molar-refractivity contribution >= 4 is 23.2 Å². The number of hydrogen-bond acceptors (Lipinski definition) is 5. The van der Waals surface area contributed by atoms with Crippen molar-refractivity contribution in [3.63, 3.8) is 0 Å².